The smallest absolute Gasteiger partial charge is 0.192 e. The summed E-state index contributed by atoms with van der Waals surface area (Å²) < 4.78 is 21.0. The number of hydrogen-bond donors (Lipinski definition) is 2. The fraction of sp³-hybridized carbons (Fsp3) is 0.350. The number of guanidine groups is 1. The Morgan fingerprint density at radius 3 is 2.73 bits per heavy atom. The zero-order valence-electron chi connectivity index (χ0n) is 17.3. The molecule has 162 valence electrons. The van der Waals surface area contributed by atoms with Crippen molar-refractivity contribution in [3.8, 4) is 5.75 Å². The van der Waals surface area contributed by atoms with E-state index in [4.69, 9.17) is 4.74 Å². The molecule has 3 rings (SSSR count). The molecule has 2 N–H and O–H groups in total. The van der Waals surface area contributed by atoms with Crippen molar-refractivity contribution in [1.29, 1.82) is 0 Å². The highest BCUT2D eigenvalue weighted by molar-refractivity contribution is 14.0. The number of nitrogens with zero attached hydrogens (tertiary/aromatic N) is 4. The lowest BCUT2D eigenvalue weighted by Crippen LogP contribution is -2.38. The summed E-state index contributed by atoms with van der Waals surface area (Å²) in [6.07, 6.45) is 0. The van der Waals surface area contributed by atoms with Gasteiger partial charge in [-0.3, -0.25) is 0 Å². The van der Waals surface area contributed by atoms with Gasteiger partial charge in [0.25, 0.3) is 0 Å². The molecule has 1 atom stereocenters. The van der Waals surface area contributed by atoms with Gasteiger partial charge in [0.2, 0.25) is 0 Å². The van der Waals surface area contributed by atoms with E-state index in [0.717, 1.165) is 17.2 Å². The first-order chi connectivity index (χ1) is 14.0. The normalized spacial score (nSPS) is 12.2. The lowest BCUT2D eigenvalue weighted by atomic mass is 10.1. The van der Waals surface area contributed by atoms with Gasteiger partial charge in [-0.25, -0.2) is 9.38 Å². The Hall–Kier alpha value is -2.21. The molecule has 2 heterocycles. The van der Waals surface area contributed by atoms with Crippen LogP contribution in [0.1, 0.15) is 35.1 Å². The van der Waals surface area contributed by atoms with E-state index in [-0.39, 0.29) is 35.8 Å². The zero-order chi connectivity index (χ0) is 20.8. The van der Waals surface area contributed by atoms with Crippen LogP contribution in [0, 0.1) is 12.7 Å². The number of methoxy groups -OCH3 is 1. The number of thiophene rings is 1. The monoisotopic (exact) mass is 544 g/mol. The van der Waals surface area contributed by atoms with Crippen LogP contribution in [-0.4, -0.2) is 27.8 Å². The number of halogens is 2. The summed E-state index contributed by atoms with van der Waals surface area (Å²) >= 11 is 1.67. The molecule has 0 aliphatic heterocycles. The highest BCUT2D eigenvalue weighted by atomic mass is 127. The van der Waals surface area contributed by atoms with Gasteiger partial charge < -0.3 is 19.9 Å². The van der Waals surface area contributed by atoms with Crippen molar-refractivity contribution in [2.24, 2.45) is 12.0 Å². The summed E-state index contributed by atoms with van der Waals surface area (Å²) in [5, 5.41) is 16.9. The number of hydrogen-bond acceptors (Lipinski definition) is 5. The highest BCUT2D eigenvalue weighted by Crippen LogP contribution is 2.21. The second-order valence-electron chi connectivity index (χ2n) is 6.58. The summed E-state index contributed by atoms with van der Waals surface area (Å²) in [6, 6.07) is 8.84. The van der Waals surface area contributed by atoms with E-state index in [0.29, 0.717) is 19.0 Å². The number of ether oxygens (including phenoxy) is 1. The Labute approximate surface area is 196 Å². The second kappa shape index (κ2) is 11.3. The molecule has 7 nitrogen and oxygen atoms in total. The zero-order valence-corrected chi connectivity index (χ0v) is 20.5. The minimum atomic E-state index is -0.391. The summed E-state index contributed by atoms with van der Waals surface area (Å²) in [6.45, 7) is 4.87. The molecule has 1 unspecified atom stereocenters. The molecule has 1 aromatic carbocycles. The first kappa shape index (κ1) is 24.1. The number of rotatable bonds is 7. The number of benzene rings is 1. The van der Waals surface area contributed by atoms with E-state index in [2.05, 4.69) is 31.9 Å². The Kier molecular flexibility index (Phi) is 9.03. The molecule has 0 spiro atoms. The van der Waals surface area contributed by atoms with Crippen LogP contribution in [0.25, 0.3) is 0 Å². The van der Waals surface area contributed by atoms with Gasteiger partial charge in [-0.1, -0.05) is 12.1 Å². The third-order valence-electron chi connectivity index (χ3n) is 4.60. The average Bonchev–Trinajstić information content (AvgIpc) is 3.34. The Morgan fingerprint density at radius 2 is 2.13 bits per heavy atom. The van der Waals surface area contributed by atoms with Gasteiger partial charge in [-0.15, -0.1) is 45.5 Å². The number of aromatic nitrogens is 3. The molecular weight excluding hydrogens is 518 g/mol. The Balaban J connectivity index is 0.00000320. The van der Waals surface area contributed by atoms with Crippen LogP contribution in [0.5, 0.6) is 5.75 Å². The molecule has 0 aliphatic carbocycles. The predicted molar refractivity (Wildman–Crippen MR) is 128 cm³/mol. The average molecular weight is 544 g/mol. The maximum Gasteiger partial charge on any atom is 0.192 e. The van der Waals surface area contributed by atoms with Crippen LogP contribution in [-0.2, 0) is 20.1 Å². The molecular formula is C20H26FIN6OS. The predicted octanol–water partition coefficient (Wildman–Crippen LogP) is 3.95. The number of nitrogens with one attached hydrogen (secondary N) is 2. The van der Waals surface area contributed by atoms with Crippen molar-refractivity contribution in [2.75, 3.05) is 7.11 Å². The summed E-state index contributed by atoms with van der Waals surface area (Å²) in [5.74, 6) is 2.05. The van der Waals surface area contributed by atoms with E-state index in [1.165, 1.54) is 18.1 Å². The summed E-state index contributed by atoms with van der Waals surface area (Å²) in [4.78, 5) is 5.84. The van der Waals surface area contributed by atoms with Crippen molar-refractivity contribution >= 4 is 41.3 Å². The summed E-state index contributed by atoms with van der Waals surface area (Å²) in [7, 11) is 3.36. The van der Waals surface area contributed by atoms with Gasteiger partial charge in [-0.2, -0.15) is 0 Å². The molecule has 0 bridgehead atoms. The van der Waals surface area contributed by atoms with Gasteiger partial charge in [0.05, 0.1) is 19.7 Å². The quantitative estimate of drug-likeness (QED) is 0.268. The second-order valence-corrected chi connectivity index (χ2v) is 7.61. The SMILES string of the molecule is COc1ccc(C(C)NC(=NCc2nnc(C)n2C)NCc2cccs2)cc1F.I. The Bertz CT molecular complexity index is 976. The molecule has 0 saturated carbocycles. The van der Waals surface area contributed by atoms with Crippen molar-refractivity contribution in [2.45, 2.75) is 33.0 Å². The minimum Gasteiger partial charge on any atom is -0.494 e. The third kappa shape index (κ3) is 6.14. The molecule has 0 radical (unpaired) electrons. The van der Waals surface area contributed by atoms with E-state index in [9.17, 15) is 4.39 Å². The van der Waals surface area contributed by atoms with Crippen molar-refractivity contribution < 1.29 is 9.13 Å². The molecule has 0 saturated heterocycles. The minimum absolute atomic E-state index is 0. The lowest BCUT2D eigenvalue weighted by Gasteiger charge is -2.19. The molecule has 3 aromatic rings. The standard InChI is InChI=1S/C20H25FN6OS.HI/c1-13(15-7-8-18(28-4)17(21)10-15)24-20(22-11-16-6-5-9-29-16)23-12-19-26-25-14(2)27(19)3;/h5-10,13H,11-12H2,1-4H3,(H2,22,23,24);1H. The first-order valence-electron chi connectivity index (χ1n) is 9.23. The maximum absolute atomic E-state index is 14.1. The van der Waals surface area contributed by atoms with Gasteiger partial charge in [0, 0.05) is 11.9 Å². The molecule has 0 aliphatic rings. The van der Waals surface area contributed by atoms with Gasteiger partial charge in [0.1, 0.15) is 12.4 Å². The number of aliphatic imine (C=N–C) groups is 1. The van der Waals surface area contributed by atoms with Gasteiger partial charge >= 0.3 is 0 Å². The van der Waals surface area contributed by atoms with Crippen LogP contribution < -0.4 is 15.4 Å². The van der Waals surface area contributed by atoms with Crippen molar-refractivity contribution in [3.05, 3.63) is 63.6 Å². The van der Waals surface area contributed by atoms with Crippen molar-refractivity contribution in [1.82, 2.24) is 25.4 Å². The first-order valence-corrected chi connectivity index (χ1v) is 10.1. The molecule has 0 fully saturated rings. The maximum atomic E-state index is 14.1. The molecule has 0 amide bonds. The largest absolute Gasteiger partial charge is 0.494 e. The van der Waals surface area contributed by atoms with Gasteiger partial charge in [0.15, 0.2) is 23.4 Å². The molecule has 10 heteroatoms. The fourth-order valence-corrected chi connectivity index (χ4v) is 3.36. The molecule has 2 aromatic heterocycles. The fourth-order valence-electron chi connectivity index (χ4n) is 2.72. The van der Waals surface area contributed by atoms with Crippen LogP contribution in [0.3, 0.4) is 0 Å². The topological polar surface area (TPSA) is 76.4 Å². The van der Waals surface area contributed by atoms with Crippen LogP contribution >= 0.6 is 35.3 Å². The van der Waals surface area contributed by atoms with E-state index in [1.54, 1.807) is 17.4 Å². The van der Waals surface area contributed by atoms with E-state index >= 15 is 0 Å². The van der Waals surface area contributed by atoms with Crippen LogP contribution in [0.15, 0.2) is 40.7 Å². The van der Waals surface area contributed by atoms with Crippen LogP contribution in [0.4, 0.5) is 4.39 Å². The molecule has 30 heavy (non-hydrogen) atoms. The highest BCUT2D eigenvalue weighted by Gasteiger charge is 2.12. The van der Waals surface area contributed by atoms with E-state index in [1.807, 2.05) is 43.0 Å². The van der Waals surface area contributed by atoms with Crippen LogP contribution in [0.2, 0.25) is 0 Å². The summed E-state index contributed by atoms with van der Waals surface area (Å²) in [5.41, 5.74) is 0.795. The van der Waals surface area contributed by atoms with E-state index < -0.39 is 5.82 Å². The van der Waals surface area contributed by atoms with Gasteiger partial charge in [-0.05, 0) is 43.0 Å². The Morgan fingerprint density at radius 1 is 1.33 bits per heavy atom. The number of aryl methyl sites for hydroxylation is 1. The van der Waals surface area contributed by atoms with Crippen molar-refractivity contribution in [3.63, 3.8) is 0 Å². The lowest BCUT2D eigenvalue weighted by molar-refractivity contribution is 0.386. The third-order valence-corrected chi connectivity index (χ3v) is 5.48.